The maximum Gasteiger partial charge on any atom is 0.261 e. The Balaban J connectivity index is 1.86. The van der Waals surface area contributed by atoms with Crippen LogP contribution in [0, 0.1) is 0 Å². The fraction of sp³-hybridized carbons (Fsp3) is 1.00. The number of likely N-dealkylation sites (tertiary alicyclic amines) is 1. The molecule has 0 aliphatic carbocycles. The molecule has 0 saturated carbocycles. The Kier molecular flexibility index (Phi) is 5.19. The minimum Gasteiger partial charge on any atom is -0.389 e. The third-order valence-corrected chi connectivity index (χ3v) is 5.38. The van der Waals surface area contributed by atoms with E-state index in [1.165, 1.54) is 4.90 Å². The highest BCUT2D eigenvalue weighted by molar-refractivity contribution is 7.89. The molecular weight excluding hydrogens is 306 g/mol. The molecule has 124 valence electrons. The minimum absolute atomic E-state index is 0.0146. The highest BCUT2D eigenvalue weighted by Crippen LogP contribution is 2.28. The number of aliphatic hydroxyl groups excluding tert-OH is 1. The number of hydrogen-bond donors (Lipinski definition) is 2. The highest BCUT2D eigenvalue weighted by Gasteiger charge is 2.43. The van der Waals surface area contributed by atoms with Gasteiger partial charge >= 0.3 is 0 Å². The van der Waals surface area contributed by atoms with E-state index in [9.17, 15) is 22.3 Å². The lowest BCUT2D eigenvalue weighted by Gasteiger charge is -2.23. The topological polar surface area (TPSA) is 78.9 Å². The average molecular weight is 328 g/mol. The van der Waals surface area contributed by atoms with Gasteiger partial charge in [0.05, 0.1) is 37.2 Å². The Hall–Kier alpha value is -0.350. The van der Waals surface area contributed by atoms with Crippen LogP contribution in [0.1, 0.15) is 19.8 Å². The van der Waals surface area contributed by atoms with Crippen molar-refractivity contribution in [1.82, 2.24) is 9.62 Å². The first-order chi connectivity index (χ1) is 9.72. The summed E-state index contributed by atoms with van der Waals surface area (Å²) in [6.45, 7) is 1.90. The first-order valence-corrected chi connectivity index (χ1v) is 8.77. The molecule has 0 aromatic heterocycles. The van der Waals surface area contributed by atoms with Gasteiger partial charge in [0.2, 0.25) is 10.0 Å². The third kappa shape index (κ3) is 4.56. The van der Waals surface area contributed by atoms with Crippen molar-refractivity contribution >= 4 is 10.0 Å². The molecule has 0 amide bonds. The minimum atomic E-state index is -3.44. The molecular formula is C12H22F2N2O4S. The molecule has 2 rings (SSSR count). The van der Waals surface area contributed by atoms with Crippen LogP contribution in [0.25, 0.3) is 0 Å². The van der Waals surface area contributed by atoms with Gasteiger partial charge in [0.1, 0.15) is 0 Å². The number of alkyl halides is 2. The van der Waals surface area contributed by atoms with Crippen molar-refractivity contribution in [1.29, 1.82) is 0 Å². The number of aliphatic hydroxyl groups is 1. The Labute approximate surface area is 123 Å². The maximum absolute atomic E-state index is 13.1. The Morgan fingerprint density at radius 1 is 1.48 bits per heavy atom. The lowest BCUT2D eigenvalue weighted by Crippen LogP contribution is -2.47. The van der Waals surface area contributed by atoms with Gasteiger partial charge < -0.3 is 9.84 Å². The molecule has 3 atom stereocenters. The van der Waals surface area contributed by atoms with Gasteiger partial charge in [-0.05, 0) is 6.42 Å². The molecule has 2 aliphatic heterocycles. The van der Waals surface area contributed by atoms with E-state index in [0.717, 1.165) is 0 Å². The third-order valence-electron chi connectivity index (χ3n) is 3.77. The van der Waals surface area contributed by atoms with Crippen molar-refractivity contribution in [2.75, 3.05) is 32.0 Å². The van der Waals surface area contributed by atoms with E-state index < -0.39 is 34.2 Å². The van der Waals surface area contributed by atoms with Crippen LogP contribution in [0.3, 0.4) is 0 Å². The fourth-order valence-electron chi connectivity index (χ4n) is 2.72. The van der Waals surface area contributed by atoms with Gasteiger partial charge in [-0.2, -0.15) is 0 Å². The lowest BCUT2D eigenvalue weighted by molar-refractivity contribution is -0.00722. The van der Waals surface area contributed by atoms with Crippen LogP contribution in [0.4, 0.5) is 8.78 Å². The Bertz CT molecular complexity index is 460. The molecule has 0 aromatic carbocycles. The average Bonchev–Trinajstić information content (AvgIpc) is 2.85. The van der Waals surface area contributed by atoms with Crippen LogP contribution in [0.5, 0.6) is 0 Å². The standard InChI is InChI=1S/C12H22F2N2O4S/c1-2-5-21(18,19)15-9-7-20-10(11(9)17)6-16-4-3-12(13,14)8-16/h9-11,15,17H,2-8H2,1H3. The first-order valence-electron chi connectivity index (χ1n) is 7.12. The molecule has 6 nitrogen and oxygen atoms in total. The van der Waals surface area contributed by atoms with Crippen molar-refractivity contribution in [2.24, 2.45) is 0 Å². The van der Waals surface area contributed by atoms with E-state index in [1.54, 1.807) is 6.92 Å². The summed E-state index contributed by atoms with van der Waals surface area (Å²) in [5.41, 5.74) is 0. The Morgan fingerprint density at radius 2 is 2.19 bits per heavy atom. The molecule has 0 aromatic rings. The van der Waals surface area contributed by atoms with Gasteiger partial charge in [-0.1, -0.05) is 6.92 Å². The van der Waals surface area contributed by atoms with Gasteiger partial charge in [0.15, 0.2) is 0 Å². The van der Waals surface area contributed by atoms with Crippen LogP contribution in [-0.2, 0) is 14.8 Å². The Morgan fingerprint density at radius 3 is 2.76 bits per heavy atom. The van der Waals surface area contributed by atoms with Gasteiger partial charge in [-0.3, -0.25) is 4.90 Å². The predicted octanol–water partition coefficient (Wildman–Crippen LogP) is -0.215. The summed E-state index contributed by atoms with van der Waals surface area (Å²) in [4.78, 5) is 1.54. The largest absolute Gasteiger partial charge is 0.389 e. The fourth-order valence-corrected chi connectivity index (χ4v) is 4.05. The highest BCUT2D eigenvalue weighted by atomic mass is 32.2. The number of nitrogens with zero attached hydrogens (tertiary/aromatic N) is 1. The summed E-state index contributed by atoms with van der Waals surface area (Å²) in [6.07, 6.45) is -1.38. The number of halogens is 2. The predicted molar refractivity (Wildman–Crippen MR) is 72.8 cm³/mol. The van der Waals surface area contributed by atoms with Crippen LogP contribution in [-0.4, -0.2) is 74.6 Å². The molecule has 2 heterocycles. The van der Waals surface area contributed by atoms with Gasteiger partial charge in [-0.25, -0.2) is 21.9 Å². The number of hydrogen-bond acceptors (Lipinski definition) is 5. The first kappa shape index (κ1) is 17.0. The van der Waals surface area contributed by atoms with Crippen molar-refractivity contribution < 1.29 is 27.0 Å². The number of ether oxygens (including phenoxy) is 1. The molecule has 2 N–H and O–H groups in total. The summed E-state index contributed by atoms with van der Waals surface area (Å²) >= 11 is 0. The molecule has 9 heteroatoms. The summed E-state index contributed by atoms with van der Waals surface area (Å²) in [6, 6.07) is -0.713. The number of sulfonamides is 1. The van der Waals surface area contributed by atoms with Crippen LogP contribution in [0.15, 0.2) is 0 Å². The van der Waals surface area contributed by atoms with E-state index >= 15 is 0 Å². The van der Waals surface area contributed by atoms with E-state index in [2.05, 4.69) is 4.72 Å². The summed E-state index contributed by atoms with van der Waals surface area (Å²) in [5.74, 6) is -2.70. The van der Waals surface area contributed by atoms with E-state index in [0.29, 0.717) is 6.42 Å². The zero-order valence-electron chi connectivity index (χ0n) is 12.0. The zero-order chi connectivity index (χ0) is 15.7. The van der Waals surface area contributed by atoms with Crippen LogP contribution < -0.4 is 4.72 Å². The molecule has 21 heavy (non-hydrogen) atoms. The van der Waals surface area contributed by atoms with Gasteiger partial charge in [0.25, 0.3) is 5.92 Å². The summed E-state index contributed by atoms with van der Waals surface area (Å²) < 4.78 is 57.4. The molecule has 2 saturated heterocycles. The molecule has 2 fully saturated rings. The van der Waals surface area contributed by atoms with Crippen molar-refractivity contribution in [2.45, 2.75) is 43.9 Å². The van der Waals surface area contributed by atoms with Crippen molar-refractivity contribution in [3.05, 3.63) is 0 Å². The summed E-state index contributed by atoms with van der Waals surface area (Å²) in [5, 5.41) is 10.1. The molecule has 0 radical (unpaired) electrons. The van der Waals surface area contributed by atoms with Crippen LogP contribution in [0.2, 0.25) is 0 Å². The SMILES string of the molecule is CCCS(=O)(=O)NC1COC(CN2CCC(F)(F)C2)C1O. The molecule has 2 aliphatic rings. The van der Waals surface area contributed by atoms with Crippen LogP contribution >= 0.6 is 0 Å². The monoisotopic (exact) mass is 328 g/mol. The smallest absolute Gasteiger partial charge is 0.261 e. The zero-order valence-corrected chi connectivity index (χ0v) is 12.8. The second-order valence-electron chi connectivity index (χ2n) is 5.75. The molecule has 0 spiro atoms. The lowest BCUT2D eigenvalue weighted by atomic mass is 10.1. The second-order valence-corrected chi connectivity index (χ2v) is 7.62. The van der Waals surface area contributed by atoms with Gasteiger partial charge in [0, 0.05) is 19.5 Å². The summed E-state index contributed by atoms with van der Waals surface area (Å²) in [7, 11) is -3.44. The van der Waals surface area contributed by atoms with E-state index in [1.807, 2.05) is 0 Å². The molecule has 3 unspecified atom stereocenters. The quantitative estimate of drug-likeness (QED) is 0.705. The van der Waals surface area contributed by atoms with Crippen molar-refractivity contribution in [3.8, 4) is 0 Å². The number of rotatable bonds is 6. The van der Waals surface area contributed by atoms with E-state index in [4.69, 9.17) is 4.74 Å². The second kappa shape index (κ2) is 6.41. The van der Waals surface area contributed by atoms with E-state index in [-0.39, 0.29) is 38.4 Å². The van der Waals surface area contributed by atoms with Crippen molar-refractivity contribution in [3.63, 3.8) is 0 Å². The normalized spacial score (nSPS) is 33.6. The van der Waals surface area contributed by atoms with Gasteiger partial charge in [-0.15, -0.1) is 0 Å². The molecule has 0 bridgehead atoms. The maximum atomic E-state index is 13.1. The number of nitrogens with one attached hydrogen (secondary N) is 1.